The van der Waals surface area contributed by atoms with E-state index in [1.807, 2.05) is 69.3 Å². The first-order valence-electron chi connectivity index (χ1n) is 43.3. The second-order valence-electron chi connectivity index (χ2n) is 36.8. The molecule has 4 aliphatic heterocycles. The normalized spacial score (nSPS) is 21.3. The molecular formula is C92H119Cl2F3N15NaO18S. The predicted octanol–water partition coefficient (Wildman–Crippen LogP) is 7.86. The fourth-order valence-corrected chi connectivity index (χ4v) is 16.5. The third-order valence-electron chi connectivity index (χ3n) is 22.9. The average Bonchev–Trinajstić information content (AvgIpc) is 1.13. The summed E-state index contributed by atoms with van der Waals surface area (Å²) in [5.41, 5.74) is 13.4. The molecule has 15 N–H and O–H groups in total. The molecule has 0 spiro atoms. The number of likely N-dealkylation sites (tertiary alicyclic amines) is 3. The molecule has 0 bridgehead atoms. The number of carbonyl (C=O) groups excluding carboxylic acids is 7. The van der Waals surface area contributed by atoms with Crippen molar-refractivity contribution in [2.24, 2.45) is 29.2 Å². The summed E-state index contributed by atoms with van der Waals surface area (Å²) in [6.07, 6.45) is 13.9. The van der Waals surface area contributed by atoms with Crippen molar-refractivity contribution in [1.82, 2.24) is 44.7 Å². The van der Waals surface area contributed by atoms with E-state index < -0.39 is 146 Å². The molecule has 3 aromatic carbocycles. The van der Waals surface area contributed by atoms with Gasteiger partial charge in [0, 0.05) is 57.1 Å². The van der Waals surface area contributed by atoms with E-state index in [9.17, 15) is 67.0 Å². The number of pyridine rings is 4. The molecule has 7 amide bonds. The van der Waals surface area contributed by atoms with Gasteiger partial charge in [0.1, 0.15) is 52.6 Å². The second-order valence-corrected chi connectivity index (χ2v) is 39.2. The Morgan fingerprint density at radius 1 is 0.538 bits per heavy atom. The molecule has 7 aliphatic rings. The zero-order valence-corrected chi connectivity index (χ0v) is 80.0. The molecule has 14 rings (SSSR count). The zero-order chi connectivity index (χ0) is 94.8. The molecule has 7 aromatic rings. The number of carboxylic acid groups (broad SMARTS) is 1. The number of carbonyl (C=O) groups is 8. The number of amides is 7. The number of carboxylic acids is 1. The maximum absolute atomic E-state index is 15.3. The number of aliphatic carboxylic acids is 1. The maximum Gasteiger partial charge on any atom is 1.00 e. The van der Waals surface area contributed by atoms with Crippen LogP contribution in [0.2, 0.25) is 5.02 Å². The Balaban J connectivity index is 0.000000222. The summed E-state index contributed by atoms with van der Waals surface area (Å²) in [6, 6.07) is 29.0. The number of nitrogens with one attached hydrogen (secondary N) is 6. The Bertz CT molecular complexity index is 5080. The van der Waals surface area contributed by atoms with Gasteiger partial charge in [-0.1, -0.05) is 86.5 Å². The van der Waals surface area contributed by atoms with Gasteiger partial charge in [-0.3, -0.25) is 49.2 Å². The van der Waals surface area contributed by atoms with E-state index in [0.29, 0.717) is 83.1 Å². The molecule has 8 heterocycles. The fourth-order valence-electron chi connectivity index (χ4n) is 15.4. The first-order chi connectivity index (χ1) is 61.4. The smallest absolute Gasteiger partial charge is 0.662 e. The molecule has 12 atom stereocenters. The molecule has 4 saturated heterocycles. The quantitative estimate of drug-likeness (QED) is 0.0106. The van der Waals surface area contributed by atoms with Crippen molar-refractivity contribution in [2.45, 2.75) is 246 Å². The van der Waals surface area contributed by atoms with Gasteiger partial charge in [0.15, 0.2) is 0 Å². The van der Waals surface area contributed by atoms with Gasteiger partial charge >= 0.3 is 53.7 Å². The number of hydrogen-bond acceptors (Lipinski definition) is 24. The van der Waals surface area contributed by atoms with Crippen LogP contribution in [0.3, 0.4) is 0 Å². The number of nitrogens with two attached hydrogens (primary N) is 2. The summed E-state index contributed by atoms with van der Waals surface area (Å²) in [5.74, 6) is -2.45. The van der Waals surface area contributed by atoms with Crippen LogP contribution < -0.4 is 77.6 Å². The number of aliphatic hydroxyl groups excluding tert-OH is 4. The maximum atomic E-state index is 15.3. The second kappa shape index (κ2) is 47.7. The molecule has 132 heavy (non-hydrogen) atoms. The third kappa shape index (κ3) is 30.5. The summed E-state index contributed by atoms with van der Waals surface area (Å²) >= 11 is 5.84. The standard InChI is InChI=1S/C31H43FN4O5S.C28H30ClFN6O3.C22H27FN4O2.C10H17NO5.CH2O3.ClH.Na/c1-29(2,3)41-28(39)36-19-22(37)18-25(36)27(38)34-24-17-21(12-13-23(24)32)31(15-14-20-10-11-20,26-9-7-8-16-33-26)35-42(40)30(4,5)6;29-19-7-9-25(33-15-19)35-27(39)36-16-20(37)14-23(36)26(38)34-22-13-18(6-8-21(22)30)28(31,11-10-17-4-5-17)24-3-1-2-12-32-24;23-17-7-6-15(11-18(17)27-21(29)19-12-16(28)13-26-19)22(24,9-8-14-4-5-14)20-3-1-2-10-25-20;1-10(2,3)16-9(15)11-5-6(12)4-7(11)8(13)14;2-1-4-3;;/h7-9,12-13,16-17,20,22,25,35,37H,10-11,14-15,18-19H2,1-6H3,(H,34,38);1-3,6-9,12-13,15,17,20,23,37H,4-5,10-11,14,16,31H2,(H,34,38)(H,33,35,39);1-3,6-7,10-11,14,16,19,26,28H,4-5,8-9,12-13,24H2,(H,27,29);6-7,12H,4-5H2,1-3H3,(H,13,14);1,3H;1H;/q;;;;;;+1/p-1/t22-,25-,31?,42+;20-,23-,28?;16-,19-,22?;6-,7-;;;/m1111.../s1. The number of rotatable bonds is 26. The first kappa shape index (κ1) is 108. The number of urea groups is 1. The molecule has 3 aliphatic carbocycles. The van der Waals surface area contributed by atoms with Gasteiger partial charge < -0.3 is 82.8 Å². The molecule has 0 radical (unpaired) electrons. The van der Waals surface area contributed by atoms with E-state index in [2.05, 4.69) is 56.1 Å². The predicted molar refractivity (Wildman–Crippen MR) is 484 cm³/mol. The largest absolute Gasteiger partial charge is 1.00 e. The van der Waals surface area contributed by atoms with Crippen molar-refractivity contribution in [3.63, 3.8) is 0 Å². The summed E-state index contributed by atoms with van der Waals surface area (Å²) in [4.78, 5) is 120. The van der Waals surface area contributed by atoms with Crippen molar-refractivity contribution < 1.29 is 130 Å². The first-order valence-corrected chi connectivity index (χ1v) is 44.9. The van der Waals surface area contributed by atoms with Crippen LogP contribution in [0.15, 0.2) is 146 Å². The molecule has 3 unspecified atom stereocenters. The van der Waals surface area contributed by atoms with Gasteiger partial charge in [-0.2, -0.15) is 0 Å². The third-order valence-corrected chi connectivity index (χ3v) is 24.8. The number of aromatic nitrogens is 4. The van der Waals surface area contributed by atoms with Crippen LogP contribution in [0.4, 0.5) is 50.4 Å². The Morgan fingerprint density at radius 3 is 1.31 bits per heavy atom. The Labute approximate surface area is 801 Å². The molecule has 4 aromatic heterocycles. The van der Waals surface area contributed by atoms with Gasteiger partial charge in [0.25, 0.3) is 6.47 Å². The van der Waals surface area contributed by atoms with Gasteiger partial charge in [-0.05, 0) is 227 Å². The van der Waals surface area contributed by atoms with Gasteiger partial charge in [-0.15, -0.1) is 12.4 Å². The number of benzene rings is 3. The van der Waals surface area contributed by atoms with Crippen molar-refractivity contribution in [3.8, 4) is 0 Å². The Hall–Kier alpha value is -9.42. The van der Waals surface area contributed by atoms with Crippen molar-refractivity contribution in [1.29, 1.82) is 0 Å². The number of β-amino-alcohol motifs (C(OH)–C–C–N with tert-alkyl or cyclic N) is 4. The minimum Gasteiger partial charge on any atom is -0.662 e. The summed E-state index contributed by atoms with van der Waals surface area (Å²) in [5, 5.41) is 70.7. The van der Waals surface area contributed by atoms with Crippen molar-refractivity contribution >= 4 is 106 Å². The zero-order valence-electron chi connectivity index (χ0n) is 75.6. The molecular weight excluding hydrogens is 1790 g/mol. The minimum absolute atomic E-state index is 0. The number of halogens is 5. The fraction of sp³-hybridized carbons (Fsp3) is 0.500. The van der Waals surface area contributed by atoms with E-state index in [0.717, 1.165) is 42.7 Å². The number of ether oxygens (including phenoxy) is 2. The minimum atomic E-state index is -1.51. The van der Waals surface area contributed by atoms with Gasteiger partial charge in [0.2, 0.25) is 17.7 Å². The SMILES string of the molecule is CC(C)(C)OC(=O)N1C[C@H](O)C[C@@H]1C(=O)Nc1cc(C(CCC2CC2)(N[S@@](=O)C(C)(C)C)c2ccccn2)ccc1F.CC(C)(C)OC(=O)N1C[C@H](O)C[C@@H]1C(=O)O.Cl.NC(CCC1CC1)(c1ccc(F)c(NC(=O)[C@H]2C[C@@H](O)CN2)c1)c1ccccn1.NC(CCC1CC1)(c1ccc(F)c(NC(=O)[C@H]2C[C@@H](O)CN2C(=O)Nc2ccc(Cl)cn2)c1)c1ccccn1.O=CO[O-].[Na+]. The molecule has 33 nitrogen and oxygen atoms in total. The van der Waals surface area contributed by atoms with E-state index in [4.69, 9.17) is 47.7 Å². The monoisotopic (exact) mass is 1900 g/mol. The van der Waals surface area contributed by atoms with Crippen LogP contribution >= 0.6 is 24.0 Å². The van der Waals surface area contributed by atoms with Crippen LogP contribution in [0.5, 0.6) is 0 Å². The van der Waals surface area contributed by atoms with Crippen LogP contribution in [-0.2, 0) is 65.9 Å². The Kier molecular flexibility index (Phi) is 39.0. The number of nitrogens with zero attached hydrogens (tertiary/aromatic N) is 7. The van der Waals surface area contributed by atoms with Crippen LogP contribution in [0.25, 0.3) is 0 Å². The summed E-state index contributed by atoms with van der Waals surface area (Å²) in [7, 11) is -1.51. The van der Waals surface area contributed by atoms with Crippen molar-refractivity contribution in [2.75, 3.05) is 47.4 Å². The Morgan fingerprint density at radius 2 is 0.932 bits per heavy atom. The summed E-state index contributed by atoms with van der Waals surface area (Å²) in [6.45, 7) is 15.9. The van der Waals surface area contributed by atoms with Crippen LogP contribution in [0, 0.1) is 35.2 Å². The van der Waals surface area contributed by atoms with Gasteiger partial charge in [0.05, 0.1) is 115 Å². The van der Waals surface area contributed by atoms with Gasteiger partial charge in [-0.25, -0.2) is 46.3 Å². The number of aliphatic hydroxyl groups is 4. The molecule has 40 heteroatoms. The van der Waals surface area contributed by atoms with Crippen molar-refractivity contribution in [3.05, 3.63) is 202 Å². The summed E-state index contributed by atoms with van der Waals surface area (Å²) < 4.78 is 71.5. The molecule has 3 saturated carbocycles. The number of hydrogen-bond donors (Lipinski definition) is 13. The number of anilines is 4. The van der Waals surface area contributed by atoms with E-state index in [-0.39, 0.29) is 116 Å². The van der Waals surface area contributed by atoms with Crippen LogP contribution in [0.1, 0.15) is 199 Å². The molecule has 7 fully saturated rings. The molecule has 712 valence electrons. The average molecular weight is 1910 g/mol. The van der Waals surface area contributed by atoms with E-state index >= 15 is 4.39 Å². The van der Waals surface area contributed by atoms with Crippen LogP contribution in [-0.4, -0.2) is 203 Å². The van der Waals surface area contributed by atoms with E-state index in [1.165, 1.54) is 72.0 Å². The topological polar surface area (TPSA) is 491 Å². The van der Waals surface area contributed by atoms with E-state index in [1.54, 1.807) is 103 Å².